The number of carbonyl (C=O) groups is 2. The van der Waals surface area contributed by atoms with Crippen LogP contribution >= 0.6 is 0 Å². The molecule has 2 aromatic rings. The van der Waals surface area contributed by atoms with Gasteiger partial charge in [0, 0.05) is 6.04 Å². The molecule has 0 spiro atoms. The lowest BCUT2D eigenvalue weighted by Crippen LogP contribution is -2.50. The second kappa shape index (κ2) is 11.5. The highest BCUT2D eigenvalue weighted by molar-refractivity contribution is 5.95. The lowest BCUT2D eigenvalue weighted by atomic mass is 10.1. The van der Waals surface area contributed by atoms with E-state index >= 15 is 0 Å². The second-order valence-corrected chi connectivity index (χ2v) is 6.55. The molecule has 0 radical (unpaired) electrons. The molecule has 152 valence electrons. The van der Waals surface area contributed by atoms with Gasteiger partial charge >= 0.3 is 6.09 Å². The first-order valence-corrected chi connectivity index (χ1v) is 9.48. The van der Waals surface area contributed by atoms with E-state index in [-0.39, 0.29) is 6.04 Å². The van der Waals surface area contributed by atoms with Crippen LogP contribution in [0.25, 0.3) is 0 Å². The van der Waals surface area contributed by atoms with Crippen LogP contribution < -0.4 is 20.1 Å². The van der Waals surface area contributed by atoms with E-state index in [2.05, 4.69) is 16.7 Å². The molecule has 2 aromatic carbocycles. The van der Waals surface area contributed by atoms with Crippen LogP contribution in [0.1, 0.15) is 32.3 Å². The van der Waals surface area contributed by atoms with Gasteiger partial charge in [0.1, 0.15) is 18.1 Å². The molecule has 0 saturated heterocycles. The molecule has 0 aliphatic carbocycles. The SMILES string of the molecule is CCC[C@H](NC(C)COc1ccc(C#N)cc1)C(=O)NC(=O)Oc1ccccc1. The summed E-state index contributed by atoms with van der Waals surface area (Å²) < 4.78 is 10.8. The van der Waals surface area contributed by atoms with Crippen LogP contribution in [0, 0.1) is 11.3 Å². The number of rotatable bonds is 9. The van der Waals surface area contributed by atoms with Crippen molar-refractivity contribution in [2.24, 2.45) is 0 Å². The van der Waals surface area contributed by atoms with Crippen molar-refractivity contribution in [3.05, 3.63) is 60.2 Å². The molecule has 0 heterocycles. The summed E-state index contributed by atoms with van der Waals surface area (Å²) in [6.07, 6.45) is 0.513. The third-order valence-corrected chi connectivity index (χ3v) is 4.04. The Kier molecular flexibility index (Phi) is 8.67. The van der Waals surface area contributed by atoms with Crippen molar-refractivity contribution < 1.29 is 19.1 Å². The summed E-state index contributed by atoms with van der Waals surface area (Å²) in [5.74, 6) is 0.556. The zero-order chi connectivity index (χ0) is 21.1. The number of imide groups is 1. The molecule has 7 heteroatoms. The van der Waals surface area contributed by atoms with Crippen LogP contribution in [0.3, 0.4) is 0 Å². The van der Waals surface area contributed by atoms with Gasteiger partial charge in [0.2, 0.25) is 5.91 Å². The number of nitrogens with one attached hydrogen (secondary N) is 2. The van der Waals surface area contributed by atoms with Gasteiger partial charge in [-0.1, -0.05) is 31.5 Å². The summed E-state index contributed by atoms with van der Waals surface area (Å²) in [6.45, 7) is 4.18. The Morgan fingerprint density at radius 1 is 1.07 bits per heavy atom. The number of benzene rings is 2. The highest BCUT2D eigenvalue weighted by Crippen LogP contribution is 2.12. The Bertz CT molecular complexity index is 831. The van der Waals surface area contributed by atoms with E-state index < -0.39 is 18.0 Å². The molecule has 0 fully saturated rings. The number of hydrogen-bond donors (Lipinski definition) is 2. The maximum absolute atomic E-state index is 12.5. The fourth-order valence-electron chi connectivity index (χ4n) is 2.63. The average molecular weight is 395 g/mol. The number of para-hydroxylation sites is 1. The highest BCUT2D eigenvalue weighted by atomic mass is 16.6. The summed E-state index contributed by atoms with van der Waals surface area (Å²) >= 11 is 0. The first kappa shape index (κ1) is 21.9. The van der Waals surface area contributed by atoms with Gasteiger partial charge in [-0.2, -0.15) is 5.26 Å². The van der Waals surface area contributed by atoms with Crippen LogP contribution in [0.4, 0.5) is 4.79 Å². The Labute approximate surface area is 170 Å². The third kappa shape index (κ3) is 7.64. The Hall–Kier alpha value is -3.37. The van der Waals surface area contributed by atoms with E-state index in [0.29, 0.717) is 30.1 Å². The summed E-state index contributed by atoms with van der Waals surface area (Å²) in [7, 11) is 0. The van der Waals surface area contributed by atoms with E-state index in [0.717, 1.165) is 6.42 Å². The van der Waals surface area contributed by atoms with E-state index in [4.69, 9.17) is 14.7 Å². The Morgan fingerprint density at radius 3 is 2.38 bits per heavy atom. The van der Waals surface area contributed by atoms with E-state index in [9.17, 15) is 9.59 Å². The zero-order valence-corrected chi connectivity index (χ0v) is 16.6. The lowest BCUT2D eigenvalue weighted by Gasteiger charge is -2.22. The van der Waals surface area contributed by atoms with Gasteiger partial charge in [0.05, 0.1) is 17.7 Å². The van der Waals surface area contributed by atoms with Crippen molar-refractivity contribution in [1.29, 1.82) is 5.26 Å². The molecular formula is C22H25N3O4. The number of carbonyl (C=O) groups excluding carboxylic acids is 2. The topological polar surface area (TPSA) is 100 Å². The minimum Gasteiger partial charge on any atom is -0.492 e. The fourth-order valence-corrected chi connectivity index (χ4v) is 2.63. The molecular weight excluding hydrogens is 370 g/mol. The van der Waals surface area contributed by atoms with Gasteiger partial charge in [-0.05, 0) is 49.7 Å². The van der Waals surface area contributed by atoms with Gasteiger partial charge in [-0.15, -0.1) is 0 Å². The van der Waals surface area contributed by atoms with Crippen molar-refractivity contribution in [3.8, 4) is 17.6 Å². The van der Waals surface area contributed by atoms with Crippen LogP contribution in [-0.4, -0.2) is 30.7 Å². The average Bonchev–Trinajstić information content (AvgIpc) is 2.73. The highest BCUT2D eigenvalue weighted by Gasteiger charge is 2.22. The number of ether oxygens (including phenoxy) is 2. The maximum atomic E-state index is 12.5. The molecule has 29 heavy (non-hydrogen) atoms. The van der Waals surface area contributed by atoms with Gasteiger partial charge in [0.15, 0.2) is 0 Å². The van der Waals surface area contributed by atoms with Gasteiger partial charge in [-0.25, -0.2) is 4.79 Å². The molecule has 0 saturated carbocycles. The maximum Gasteiger partial charge on any atom is 0.419 e. The molecule has 1 unspecified atom stereocenters. The fraction of sp³-hybridized carbons (Fsp3) is 0.318. The predicted octanol–water partition coefficient (Wildman–Crippen LogP) is 3.40. The molecule has 0 aliphatic heterocycles. The summed E-state index contributed by atoms with van der Waals surface area (Å²) in [6, 6.07) is 16.7. The largest absolute Gasteiger partial charge is 0.492 e. The van der Waals surface area contributed by atoms with Gasteiger partial charge < -0.3 is 9.47 Å². The van der Waals surface area contributed by atoms with E-state index in [1.807, 2.05) is 13.8 Å². The van der Waals surface area contributed by atoms with Gasteiger partial charge in [0.25, 0.3) is 0 Å². The molecule has 0 aromatic heterocycles. The summed E-state index contributed by atoms with van der Waals surface area (Å²) in [5, 5.41) is 14.3. The third-order valence-electron chi connectivity index (χ3n) is 4.04. The number of hydrogen-bond acceptors (Lipinski definition) is 6. The molecule has 2 N–H and O–H groups in total. The monoisotopic (exact) mass is 395 g/mol. The molecule has 7 nitrogen and oxygen atoms in total. The van der Waals surface area contributed by atoms with Gasteiger partial charge in [-0.3, -0.25) is 15.4 Å². The standard InChI is InChI=1S/C22H25N3O4/c1-3-7-20(21(26)25-22(27)29-19-8-5-4-6-9-19)24-16(2)15-28-18-12-10-17(14-23)11-13-18/h4-6,8-13,16,20,24H,3,7,15H2,1-2H3,(H,25,26,27)/t16?,20-/m0/s1. The van der Waals surface area contributed by atoms with E-state index in [1.165, 1.54) is 0 Å². The number of nitrogens with zero attached hydrogens (tertiary/aromatic N) is 1. The zero-order valence-electron chi connectivity index (χ0n) is 16.6. The second-order valence-electron chi connectivity index (χ2n) is 6.55. The first-order valence-electron chi connectivity index (χ1n) is 9.48. The Morgan fingerprint density at radius 2 is 1.76 bits per heavy atom. The van der Waals surface area contributed by atoms with E-state index in [1.54, 1.807) is 54.6 Å². The molecule has 0 aliphatic rings. The minimum atomic E-state index is -0.814. The summed E-state index contributed by atoms with van der Waals surface area (Å²) in [4.78, 5) is 24.4. The molecule has 2 amide bonds. The summed E-state index contributed by atoms with van der Waals surface area (Å²) in [5.41, 5.74) is 0.561. The Balaban J connectivity index is 1.84. The van der Waals surface area contributed by atoms with Crippen LogP contribution in [0.15, 0.2) is 54.6 Å². The van der Waals surface area contributed by atoms with Crippen LogP contribution in [0.5, 0.6) is 11.5 Å². The van der Waals surface area contributed by atoms with Crippen LogP contribution in [-0.2, 0) is 4.79 Å². The smallest absolute Gasteiger partial charge is 0.419 e. The lowest BCUT2D eigenvalue weighted by molar-refractivity contribution is -0.122. The van der Waals surface area contributed by atoms with Crippen LogP contribution in [0.2, 0.25) is 0 Å². The van der Waals surface area contributed by atoms with Crippen molar-refractivity contribution >= 4 is 12.0 Å². The van der Waals surface area contributed by atoms with Crippen molar-refractivity contribution in [1.82, 2.24) is 10.6 Å². The number of nitriles is 1. The molecule has 0 bridgehead atoms. The normalized spacial score (nSPS) is 12.3. The minimum absolute atomic E-state index is 0.141. The van der Waals surface area contributed by atoms with Crippen molar-refractivity contribution in [2.45, 2.75) is 38.8 Å². The first-order chi connectivity index (χ1) is 14.0. The number of amides is 2. The predicted molar refractivity (Wildman–Crippen MR) is 109 cm³/mol. The van der Waals surface area contributed by atoms with Crippen molar-refractivity contribution in [2.75, 3.05) is 6.61 Å². The quantitative estimate of drug-likeness (QED) is 0.675. The molecule has 2 atom stereocenters. The molecule has 2 rings (SSSR count). The van der Waals surface area contributed by atoms with Crippen molar-refractivity contribution in [3.63, 3.8) is 0 Å².